The summed E-state index contributed by atoms with van der Waals surface area (Å²) in [4.78, 5) is 13.5. The number of nitrogens with two attached hydrogens (primary N) is 2. The summed E-state index contributed by atoms with van der Waals surface area (Å²) in [6.45, 7) is 1.76. The number of carbonyl (C=O) groups is 1. The molecule has 0 fully saturated rings. The smallest absolute Gasteiger partial charge is 0.250 e. The van der Waals surface area contributed by atoms with Crippen LogP contribution in [-0.2, 0) is 0 Å². The zero-order chi connectivity index (χ0) is 14.4. The molecule has 1 aromatic rings. The van der Waals surface area contributed by atoms with Crippen molar-refractivity contribution in [1.29, 1.82) is 0 Å². The third kappa shape index (κ3) is 4.96. The van der Waals surface area contributed by atoms with E-state index in [0.29, 0.717) is 22.0 Å². The molecule has 6 heteroatoms. The molecule has 0 atom stereocenters. The Morgan fingerprint density at radius 3 is 2.63 bits per heavy atom. The minimum absolute atomic E-state index is 0.331. The van der Waals surface area contributed by atoms with E-state index in [1.165, 1.54) is 6.07 Å². The second-order valence-corrected chi connectivity index (χ2v) is 5.13. The molecule has 0 bridgehead atoms. The van der Waals surface area contributed by atoms with Crippen molar-refractivity contribution < 1.29 is 4.79 Å². The van der Waals surface area contributed by atoms with Crippen molar-refractivity contribution in [3.8, 4) is 0 Å². The number of halogens is 1. The molecule has 106 valence electrons. The molecule has 0 heterocycles. The summed E-state index contributed by atoms with van der Waals surface area (Å²) in [6, 6.07) is 3.15. The maximum absolute atomic E-state index is 11.4. The van der Waals surface area contributed by atoms with Gasteiger partial charge in [0, 0.05) is 12.2 Å². The molecule has 1 aromatic carbocycles. The minimum Gasteiger partial charge on any atom is -0.399 e. The summed E-state index contributed by atoms with van der Waals surface area (Å²) in [6.07, 6.45) is 2.05. The molecule has 5 nitrogen and oxygen atoms in total. The molecule has 0 spiro atoms. The van der Waals surface area contributed by atoms with E-state index >= 15 is 0 Å². The quantitative estimate of drug-likeness (QED) is 0.526. The highest BCUT2D eigenvalue weighted by Crippen LogP contribution is 2.28. The molecule has 0 aliphatic rings. The number of carbonyl (C=O) groups excluding carboxylic acids is 1. The highest BCUT2D eigenvalue weighted by molar-refractivity contribution is 6.34. The predicted octanol–water partition coefficient (Wildman–Crippen LogP) is 1.77. The Labute approximate surface area is 118 Å². The second-order valence-electron chi connectivity index (χ2n) is 4.73. The van der Waals surface area contributed by atoms with Crippen LogP contribution < -0.4 is 16.8 Å². The van der Waals surface area contributed by atoms with E-state index in [1.807, 2.05) is 14.1 Å². The van der Waals surface area contributed by atoms with E-state index in [0.717, 1.165) is 25.9 Å². The first kappa shape index (κ1) is 15.6. The molecule has 1 rings (SSSR count). The Morgan fingerprint density at radius 2 is 2.05 bits per heavy atom. The lowest BCUT2D eigenvalue weighted by atomic mass is 10.1. The number of nitrogens with one attached hydrogen (secondary N) is 1. The van der Waals surface area contributed by atoms with Crippen LogP contribution in [0.25, 0.3) is 0 Å². The molecule has 0 aliphatic carbocycles. The first-order valence-corrected chi connectivity index (χ1v) is 6.57. The number of unbranched alkanes of at least 4 members (excludes halogenated alkanes) is 1. The van der Waals surface area contributed by atoms with Crippen LogP contribution in [0.15, 0.2) is 12.1 Å². The van der Waals surface area contributed by atoms with E-state index in [2.05, 4.69) is 10.2 Å². The standard InChI is InChI=1S/C13H21ClN4O/c1-18(2)6-4-3-5-17-12-10(13(16)19)7-9(15)8-11(12)14/h7-8,17H,3-6,15H2,1-2H3,(H2,16,19). The van der Waals surface area contributed by atoms with Crippen LogP contribution in [0.5, 0.6) is 0 Å². The maximum Gasteiger partial charge on any atom is 0.250 e. The van der Waals surface area contributed by atoms with Crippen LogP contribution in [0.2, 0.25) is 5.02 Å². The molecule has 19 heavy (non-hydrogen) atoms. The molecule has 1 amide bonds. The van der Waals surface area contributed by atoms with E-state index < -0.39 is 5.91 Å². The second kappa shape index (κ2) is 7.21. The van der Waals surface area contributed by atoms with Gasteiger partial charge in [-0.3, -0.25) is 4.79 Å². The van der Waals surface area contributed by atoms with Gasteiger partial charge in [-0.2, -0.15) is 0 Å². The van der Waals surface area contributed by atoms with Gasteiger partial charge in [-0.05, 0) is 45.6 Å². The number of rotatable bonds is 7. The van der Waals surface area contributed by atoms with Crippen molar-refractivity contribution in [2.24, 2.45) is 5.73 Å². The Hall–Kier alpha value is -1.46. The van der Waals surface area contributed by atoms with Gasteiger partial charge >= 0.3 is 0 Å². The summed E-state index contributed by atoms with van der Waals surface area (Å²) < 4.78 is 0. The van der Waals surface area contributed by atoms with Crippen molar-refractivity contribution in [1.82, 2.24) is 4.90 Å². The summed E-state index contributed by atoms with van der Waals surface area (Å²) in [5, 5.41) is 3.57. The first-order valence-electron chi connectivity index (χ1n) is 6.19. The number of benzene rings is 1. The van der Waals surface area contributed by atoms with Gasteiger partial charge in [-0.25, -0.2) is 0 Å². The molecule has 0 radical (unpaired) electrons. The lowest BCUT2D eigenvalue weighted by Gasteiger charge is -2.14. The van der Waals surface area contributed by atoms with Crippen molar-refractivity contribution in [3.63, 3.8) is 0 Å². The number of anilines is 2. The van der Waals surface area contributed by atoms with Gasteiger partial charge in [-0.15, -0.1) is 0 Å². The number of amides is 1. The largest absolute Gasteiger partial charge is 0.399 e. The highest BCUT2D eigenvalue weighted by Gasteiger charge is 2.12. The van der Waals surface area contributed by atoms with E-state index in [4.69, 9.17) is 23.1 Å². The molecular formula is C13H21ClN4O. The van der Waals surface area contributed by atoms with Crippen LogP contribution in [0, 0.1) is 0 Å². The molecule has 0 saturated heterocycles. The summed E-state index contributed by atoms with van der Waals surface area (Å²) in [7, 11) is 4.07. The first-order chi connectivity index (χ1) is 8.91. The Morgan fingerprint density at radius 1 is 1.37 bits per heavy atom. The van der Waals surface area contributed by atoms with Crippen molar-refractivity contribution in [3.05, 3.63) is 22.7 Å². The molecule has 0 unspecified atom stereocenters. The van der Waals surface area contributed by atoms with Crippen molar-refractivity contribution >= 4 is 28.9 Å². The number of nitrogen functional groups attached to an aromatic ring is 1. The minimum atomic E-state index is -0.537. The molecular weight excluding hydrogens is 264 g/mol. The van der Waals surface area contributed by atoms with Crippen LogP contribution >= 0.6 is 11.6 Å². The van der Waals surface area contributed by atoms with Gasteiger partial charge in [-0.1, -0.05) is 11.6 Å². The van der Waals surface area contributed by atoms with Crippen LogP contribution in [-0.4, -0.2) is 38.0 Å². The average Bonchev–Trinajstić information content (AvgIpc) is 2.29. The molecule has 0 aliphatic heterocycles. The van der Waals surface area contributed by atoms with Crippen molar-refractivity contribution in [2.45, 2.75) is 12.8 Å². The Balaban J connectivity index is 2.64. The maximum atomic E-state index is 11.4. The lowest BCUT2D eigenvalue weighted by Crippen LogP contribution is -2.17. The fraction of sp³-hybridized carbons (Fsp3) is 0.462. The van der Waals surface area contributed by atoms with E-state index in [1.54, 1.807) is 6.07 Å². The molecule has 0 aromatic heterocycles. The summed E-state index contributed by atoms with van der Waals surface area (Å²) >= 11 is 6.08. The fourth-order valence-corrected chi connectivity index (χ4v) is 2.06. The number of hydrogen-bond acceptors (Lipinski definition) is 4. The average molecular weight is 285 g/mol. The van der Waals surface area contributed by atoms with Gasteiger partial charge < -0.3 is 21.7 Å². The van der Waals surface area contributed by atoms with E-state index in [9.17, 15) is 4.79 Å². The molecule has 0 saturated carbocycles. The monoisotopic (exact) mass is 284 g/mol. The SMILES string of the molecule is CN(C)CCCCNc1c(Cl)cc(N)cc1C(N)=O. The summed E-state index contributed by atoms with van der Waals surface area (Å²) in [5.41, 5.74) is 12.3. The third-order valence-corrected chi connectivity index (χ3v) is 3.01. The van der Waals surface area contributed by atoms with Crippen LogP contribution in [0.3, 0.4) is 0 Å². The highest BCUT2D eigenvalue weighted by atomic mass is 35.5. The zero-order valence-corrected chi connectivity index (χ0v) is 12.1. The normalized spacial score (nSPS) is 10.7. The van der Waals surface area contributed by atoms with Gasteiger partial charge in [0.1, 0.15) is 0 Å². The topological polar surface area (TPSA) is 84.4 Å². The summed E-state index contributed by atoms with van der Waals surface area (Å²) in [5.74, 6) is -0.537. The third-order valence-electron chi connectivity index (χ3n) is 2.71. The zero-order valence-electron chi connectivity index (χ0n) is 11.4. The van der Waals surface area contributed by atoms with Crippen LogP contribution in [0.4, 0.5) is 11.4 Å². The number of nitrogens with zero attached hydrogens (tertiary/aromatic N) is 1. The van der Waals surface area contributed by atoms with E-state index in [-0.39, 0.29) is 0 Å². The Bertz CT molecular complexity index is 449. The van der Waals surface area contributed by atoms with Crippen LogP contribution in [0.1, 0.15) is 23.2 Å². The molecule has 5 N–H and O–H groups in total. The number of hydrogen-bond donors (Lipinski definition) is 3. The fourth-order valence-electron chi connectivity index (χ4n) is 1.77. The Kier molecular flexibility index (Phi) is 5.92. The van der Waals surface area contributed by atoms with Gasteiger partial charge in [0.25, 0.3) is 5.91 Å². The van der Waals surface area contributed by atoms with Gasteiger partial charge in [0.15, 0.2) is 0 Å². The van der Waals surface area contributed by atoms with Gasteiger partial charge in [0.05, 0.1) is 16.3 Å². The van der Waals surface area contributed by atoms with Crippen molar-refractivity contribution in [2.75, 3.05) is 38.2 Å². The van der Waals surface area contributed by atoms with Gasteiger partial charge in [0.2, 0.25) is 0 Å². The lowest BCUT2D eigenvalue weighted by molar-refractivity contribution is 0.100. The predicted molar refractivity (Wildman–Crippen MR) is 80.7 cm³/mol. The number of primary amides is 1.